The van der Waals surface area contributed by atoms with Crippen LogP contribution in [0.5, 0.6) is 0 Å². The summed E-state index contributed by atoms with van der Waals surface area (Å²) in [5.41, 5.74) is 2.24. The molecule has 1 atom stereocenters. The van der Waals surface area contributed by atoms with Crippen LogP contribution < -0.4 is 10.0 Å². The molecule has 3 N–H and O–H groups in total. The Morgan fingerprint density at radius 1 is 1.18 bits per heavy atom. The third-order valence-corrected chi connectivity index (χ3v) is 5.57. The Balaban J connectivity index is 1.76. The average Bonchev–Trinajstić information content (AvgIpc) is 3.00. The van der Waals surface area contributed by atoms with Gasteiger partial charge in [-0.25, -0.2) is 28.1 Å². The lowest BCUT2D eigenvalue weighted by Crippen LogP contribution is -2.30. The van der Waals surface area contributed by atoms with Crippen molar-refractivity contribution in [1.82, 2.24) is 24.2 Å². The molecule has 0 fully saturated rings. The highest BCUT2D eigenvalue weighted by Gasteiger charge is 2.14. The molecular formula is C18H22N6O3S. The number of aliphatic hydroxyl groups excluding tert-OH is 1. The third-order valence-electron chi connectivity index (χ3n) is 4.13. The summed E-state index contributed by atoms with van der Waals surface area (Å²) < 4.78 is 28.6. The minimum absolute atomic E-state index is 0.0452. The number of hydrogen-bond donors (Lipinski definition) is 3. The molecule has 3 rings (SSSR count). The van der Waals surface area contributed by atoms with E-state index in [2.05, 4.69) is 25.0 Å². The molecule has 3 aromatic rings. The van der Waals surface area contributed by atoms with E-state index in [1.54, 1.807) is 30.6 Å². The number of nitrogens with zero attached hydrogens (tertiary/aromatic N) is 4. The van der Waals surface area contributed by atoms with E-state index >= 15 is 0 Å². The maximum absolute atomic E-state index is 12.2. The number of hydrogen-bond acceptors (Lipinski definition) is 7. The normalized spacial score (nSPS) is 12.7. The largest absolute Gasteiger partial charge is 0.392 e. The predicted octanol–water partition coefficient (Wildman–Crippen LogP) is 1.59. The summed E-state index contributed by atoms with van der Waals surface area (Å²) in [7, 11) is -1.75. The minimum atomic E-state index is -3.67. The van der Waals surface area contributed by atoms with Gasteiger partial charge in [0.15, 0.2) is 0 Å². The first-order valence-electron chi connectivity index (χ1n) is 8.63. The molecule has 0 amide bonds. The van der Waals surface area contributed by atoms with Crippen LogP contribution >= 0.6 is 0 Å². The smallest absolute Gasteiger partial charge is 0.240 e. The van der Waals surface area contributed by atoms with Crippen molar-refractivity contribution < 1.29 is 13.5 Å². The topological polar surface area (TPSA) is 122 Å². The molecule has 2 aromatic heterocycles. The summed E-state index contributed by atoms with van der Waals surface area (Å²) in [6, 6.07) is 8.00. The molecule has 0 aliphatic rings. The highest BCUT2D eigenvalue weighted by atomic mass is 32.2. The van der Waals surface area contributed by atoms with Gasteiger partial charge >= 0.3 is 0 Å². The second-order valence-corrected chi connectivity index (χ2v) is 8.13. The van der Waals surface area contributed by atoms with Crippen molar-refractivity contribution in [2.75, 3.05) is 11.9 Å². The molecule has 0 spiro atoms. The van der Waals surface area contributed by atoms with E-state index in [0.717, 1.165) is 17.2 Å². The van der Waals surface area contributed by atoms with Crippen LogP contribution in [0.4, 0.5) is 11.6 Å². The van der Waals surface area contributed by atoms with Gasteiger partial charge in [0.1, 0.15) is 5.82 Å². The van der Waals surface area contributed by atoms with Crippen LogP contribution in [0.15, 0.2) is 47.6 Å². The number of benzene rings is 1. The van der Waals surface area contributed by atoms with Crippen LogP contribution in [0.25, 0.3) is 11.4 Å². The lowest BCUT2D eigenvalue weighted by atomic mass is 10.3. The van der Waals surface area contributed by atoms with Gasteiger partial charge in [0, 0.05) is 25.5 Å². The van der Waals surface area contributed by atoms with Crippen LogP contribution in [-0.4, -0.2) is 45.7 Å². The fraction of sp³-hybridized carbons (Fsp3) is 0.278. The first-order valence-corrected chi connectivity index (χ1v) is 10.1. The van der Waals surface area contributed by atoms with Gasteiger partial charge in [-0.05, 0) is 44.2 Å². The molecule has 0 radical (unpaired) electrons. The van der Waals surface area contributed by atoms with Crippen molar-refractivity contribution in [3.05, 3.63) is 48.5 Å². The minimum Gasteiger partial charge on any atom is -0.392 e. The van der Waals surface area contributed by atoms with Crippen molar-refractivity contribution in [2.45, 2.75) is 24.8 Å². The number of nitrogens with one attached hydrogen (secondary N) is 2. The number of imidazole rings is 1. The third kappa shape index (κ3) is 4.53. The molecule has 0 aliphatic heterocycles. The van der Waals surface area contributed by atoms with E-state index in [1.807, 2.05) is 18.5 Å². The Morgan fingerprint density at radius 3 is 2.50 bits per heavy atom. The van der Waals surface area contributed by atoms with E-state index in [0.29, 0.717) is 11.6 Å². The van der Waals surface area contributed by atoms with Crippen LogP contribution in [0, 0.1) is 6.92 Å². The summed E-state index contributed by atoms with van der Waals surface area (Å²) in [6.45, 7) is 3.38. The summed E-state index contributed by atoms with van der Waals surface area (Å²) >= 11 is 0. The molecule has 0 bridgehead atoms. The Hall–Kier alpha value is -2.82. The van der Waals surface area contributed by atoms with Crippen LogP contribution in [0.2, 0.25) is 0 Å². The fourth-order valence-corrected chi connectivity index (χ4v) is 3.58. The molecule has 28 heavy (non-hydrogen) atoms. The van der Waals surface area contributed by atoms with Crippen molar-refractivity contribution in [3.63, 3.8) is 0 Å². The van der Waals surface area contributed by atoms with E-state index in [1.165, 1.54) is 19.1 Å². The van der Waals surface area contributed by atoms with E-state index in [4.69, 9.17) is 0 Å². The van der Waals surface area contributed by atoms with Crippen molar-refractivity contribution >= 4 is 21.7 Å². The van der Waals surface area contributed by atoms with Gasteiger partial charge in [0.2, 0.25) is 16.0 Å². The summed E-state index contributed by atoms with van der Waals surface area (Å²) in [6.07, 6.45) is 2.64. The predicted molar refractivity (Wildman–Crippen MR) is 106 cm³/mol. The summed E-state index contributed by atoms with van der Waals surface area (Å²) in [5, 5.41) is 12.3. The Labute approximate surface area is 163 Å². The van der Waals surface area contributed by atoms with Gasteiger partial charge in [0.25, 0.3) is 0 Å². The molecule has 0 saturated heterocycles. The van der Waals surface area contributed by atoms with E-state index in [9.17, 15) is 13.5 Å². The molecule has 1 aromatic carbocycles. The van der Waals surface area contributed by atoms with Gasteiger partial charge in [-0.3, -0.25) is 0 Å². The Kier molecular flexibility index (Phi) is 5.73. The van der Waals surface area contributed by atoms with E-state index < -0.39 is 16.1 Å². The molecule has 0 aliphatic carbocycles. The quantitative estimate of drug-likeness (QED) is 0.548. The molecule has 0 saturated carbocycles. The number of aliphatic hydroxyl groups is 1. The number of anilines is 2. The van der Waals surface area contributed by atoms with Crippen LogP contribution in [0.3, 0.4) is 0 Å². The van der Waals surface area contributed by atoms with E-state index in [-0.39, 0.29) is 11.4 Å². The highest BCUT2D eigenvalue weighted by molar-refractivity contribution is 7.89. The number of aryl methyl sites for hydroxylation is 1. The Morgan fingerprint density at radius 2 is 1.89 bits per heavy atom. The molecule has 9 nitrogen and oxygen atoms in total. The van der Waals surface area contributed by atoms with Gasteiger partial charge in [-0.1, -0.05) is 0 Å². The number of aromatic nitrogens is 4. The van der Waals surface area contributed by atoms with Gasteiger partial charge < -0.3 is 15.0 Å². The van der Waals surface area contributed by atoms with Crippen LogP contribution in [-0.2, 0) is 17.1 Å². The van der Waals surface area contributed by atoms with Gasteiger partial charge in [0.05, 0.1) is 28.6 Å². The molecule has 10 heteroatoms. The second kappa shape index (κ2) is 8.05. The zero-order valence-corrected chi connectivity index (χ0v) is 16.6. The first-order chi connectivity index (χ1) is 13.3. The zero-order valence-electron chi connectivity index (χ0n) is 15.8. The lowest BCUT2D eigenvalue weighted by molar-refractivity contribution is 0.198. The maximum atomic E-state index is 12.2. The van der Waals surface area contributed by atoms with Gasteiger partial charge in [-0.15, -0.1) is 0 Å². The SMILES string of the molecule is Cc1ncc(-c2ccnc(Nc3ccc(S(=O)(=O)NCC(C)O)cc3)n2)n1C. The van der Waals surface area contributed by atoms with Crippen molar-refractivity contribution in [3.8, 4) is 11.4 Å². The van der Waals surface area contributed by atoms with Gasteiger partial charge in [-0.2, -0.15) is 0 Å². The zero-order chi connectivity index (χ0) is 20.3. The highest BCUT2D eigenvalue weighted by Crippen LogP contribution is 2.21. The summed E-state index contributed by atoms with van der Waals surface area (Å²) in [4.78, 5) is 13.1. The van der Waals surface area contributed by atoms with Crippen LogP contribution in [0.1, 0.15) is 12.7 Å². The number of sulfonamides is 1. The summed E-state index contributed by atoms with van der Waals surface area (Å²) in [5.74, 6) is 1.27. The Bertz CT molecular complexity index is 1060. The first kappa shape index (κ1) is 19.9. The lowest BCUT2D eigenvalue weighted by Gasteiger charge is -2.10. The van der Waals surface area contributed by atoms with Crippen molar-refractivity contribution in [2.24, 2.45) is 7.05 Å². The maximum Gasteiger partial charge on any atom is 0.240 e. The average molecular weight is 402 g/mol. The number of rotatable bonds is 7. The van der Waals surface area contributed by atoms with Crippen molar-refractivity contribution in [1.29, 1.82) is 0 Å². The standard InChI is InChI=1S/C18H22N6O3S/c1-12(25)10-21-28(26,27)15-6-4-14(5-7-15)22-18-19-9-8-16(23-18)17-11-20-13(2)24(17)3/h4-9,11-12,21,25H,10H2,1-3H3,(H,19,22,23). The molecule has 2 heterocycles. The second-order valence-electron chi connectivity index (χ2n) is 6.37. The molecule has 1 unspecified atom stereocenters. The monoisotopic (exact) mass is 402 g/mol. The fourth-order valence-electron chi connectivity index (χ4n) is 2.46. The molecular weight excluding hydrogens is 380 g/mol. The molecule has 148 valence electrons.